The van der Waals surface area contributed by atoms with Gasteiger partial charge >= 0.3 is 11.9 Å². The summed E-state index contributed by atoms with van der Waals surface area (Å²) in [6, 6.07) is 13.0. The maximum absolute atomic E-state index is 13.3. The van der Waals surface area contributed by atoms with E-state index in [0.29, 0.717) is 30.1 Å². The number of carbonyl (C=O) groups is 3. The summed E-state index contributed by atoms with van der Waals surface area (Å²) in [5.41, 5.74) is 2.22. The van der Waals surface area contributed by atoms with Gasteiger partial charge in [0.2, 0.25) is 5.91 Å². The largest absolute Gasteiger partial charge is 0.497 e. The number of halogens is 1. The average molecular weight is 635 g/mol. The number of carbonyl (C=O) groups excluding carboxylic acids is 3. The molecule has 0 saturated heterocycles. The van der Waals surface area contributed by atoms with E-state index in [1.165, 1.54) is 21.0 Å². The second-order valence-electron chi connectivity index (χ2n) is 9.33. The van der Waals surface area contributed by atoms with Crippen LogP contribution in [0.4, 0.5) is 4.39 Å². The molecule has 0 radical (unpaired) electrons. The van der Waals surface area contributed by atoms with Gasteiger partial charge in [-0.15, -0.1) is 0 Å². The van der Waals surface area contributed by atoms with E-state index >= 15 is 0 Å². The van der Waals surface area contributed by atoms with Crippen molar-refractivity contribution >= 4 is 39.6 Å². The fraction of sp³-hybridized carbons (Fsp3) is 0.471. The number of hydrogen-bond acceptors (Lipinski definition) is 8. The maximum Gasteiger partial charge on any atom is 0.305 e. The molecule has 2 rings (SSSR count). The van der Waals surface area contributed by atoms with Crippen LogP contribution in [0.25, 0.3) is 4.91 Å². The summed E-state index contributed by atoms with van der Waals surface area (Å²) < 4.78 is 27.7. The first-order chi connectivity index (χ1) is 20.8. The minimum Gasteiger partial charge on any atom is -0.497 e. The normalized spacial score (nSPS) is 10.7. The Morgan fingerprint density at radius 1 is 1.05 bits per heavy atom. The zero-order chi connectivity index (χ0) is 34.1. The minimum atomic E-state index is -0.259. The molecule has 0 fully saturated rings. The molecule has 0 saturated carbocycles. The smallest absolute Gasteiger partial charge is 0.305 e. The summed E-state index contributed by atoms with van der Waals surface area (Å²) in [5, 5.41) is 3.56. The van der Waals surface area contributed by atoms with E-state index in [9.17, 15) is 18.8 Å². The van der Waals surface area contributed by atoms with Gasteiger partial charge in [0, 0.05) is 44.3 Å². The van der Waals surface area contributed by atoms with Gasteiger partial charge in [0.1, 0.15) is 11.6 Å². The molecule has 0 spiro atoms. The van der Waals surface area contributed by atoms with E-state index in [2.05, 4.69) is 21.6 Å². The quantitative estimate of drug-likeness (QED) is 0.153. The topological polar surface area (TPSA) is 103 Å². The number of methoxy groups -OCH3 is 2. The molecule has 2 aromatic rings. The van der Waals surface area contributed by atoms with Crippen LogP contribution in [-0.4, -0.2) is 50.8 Å². The number of aryl methyl sites for hydroxylation is 1. The highest BCUT2D eigenvalue weighted by molar-refractivity contribution is 8.21. The van der Waals surface area contributed by atoms with Gasteiger partial charge in [0.15, 0.2) is 0 Å². The standard InChI is InChI=1S/C12H15NOS.C10H12FNO.C10H18O4.C2H6/c1-9(15-10(2)13-3)11-5-7-12(14-4)8-6-11;1-7-4-3-5-9(10(7)11)6-12-8(2)13;1-8(7-14-9(2)11)5-4-6-10(12)13-3;1-2/h5-8H,1H2,2-4H3;3-5H,6H2,1-2H3,(H,12,13);8H,4-7H2,1-3H3;1-2H3. The molecule has 0 bridgehead atoms. The number of benzene rings is 2. The summed E-state index contributed by atoms with van der Waals surface area (Å²) in [6.07, 6.45) is 2.07. The molecule has 246 valence electrons. The number of hydrogen-bond donors (Lipinski definition) is 1. The van der Waals surface area contributed by atoms with E-state index in [1.807, 2.05) is 52.0 Å². The maximum atomic E-state index is 13.3. The number of rotatable bonds is 11. The van der Waals surface area contributed by atoms with Crippen molar-refractivity contribution in [1.82, 2.24) is 5.32 Å². The number of ether oxygens (including phenoxy) is 3. The zero-order valence-corrected chi connectivity index (χ0v) is 28.9. The van der Waals surface area contributed by atoms with E-state index in [4.69, 9.17) is 9.47 Å². The first-order valence-corrected chi connectivity index (χ1v) is 15.3. The second kappa shape index (κ2) is 25.8. The average Bonchev–Trinajstić information content (AvgIpc) is 3.02. The number of esters is 2. The molecular weight excluding hydrogens is 583 g/mol. The molecule has 0 aliphatic heterocycles. The van der Waals surface area contributed by atoms with Crippen LogP contribution in [-0.2, 0) is 30.4 Å². The highest BCUT2D eigenvalue weighted by Crippen LogP contribution is 2.27. The fourth-order valence-corrected chi connectivity index (χ4v) is 3.87. The molecule has 1 unspecified atom stereocenters. The number of amides is 1. The van der Waals surface area contributed by atoms with Crippen LogP contribution in [0.1, 0.15) is 77.5 Å². The van der Waals surface area contributed by atoms with Crippen molar-refractivity contribution in [3.63, 3.8) is 0 Å². The Balaban J connectivity index is 0. The van der Waals surface area contributed by atoms with Crippen LogP contribution >= 0.6 is 11.8 Å². The number of nitrogens with one attached hydrogen (secondary N) is 1. The highest BCUT2D eigenvalue weighted by atomic mass is 32.2. The molecule has 0 heterocycles. The Morgan fingerprint density at radius 2 is 1.66 bits per heavy atom. The van der Waals surface area contributed by atoms with Gasteiger partial charge < -0.3 is 19.5 Å². The van der Waals surface area contributed by atoms with Crippen LogP contribution in [0.15, 0.2) is 54.0 Å². The van der Waals surface area contributed by atoms with Crippen LogP contribution < -0.4 is 10.1 Å². The third-order valence-electron chi connectivity index (χ3n) is 5.67. The van der Waals surface area contributed by atoms with Crippen molar-refractivity contribution in [3.8, 4) is 5.75 Å². The van der Waals surface area contributed by atoms with Crippen molar-refractivity contribution in [3.05, 3.63) is 71.6 Å². The van der Waals surface area contributed by atoms with Gasteiger partial charge in [-0.05, 0) is 55.9 Å². The summed E-state index contributed by atoms with van der Waals surface area (Å²) in [6.45, 7) is 17.1. The predicted octanol–water partition coefficient (Wildman–Crippen LogP) is 7.77. The van der Waals surface area contributed by atoms with Crippen molar-refractivity contribution in [2.24, 2.45) is 10.9 Å². The van der Waals surface area contributed by atoms with Crippen LogP contribution in [0.5, 0.6) is 5.75 Å². The lowest BCUT2D eigenvalue weighted by Crippen LogP contribution is -2.19. The summed E-state index contributed by atoms with van der Waals surface area (Å²) in [5.74, 6) is 0.313. The first kappa shape index (κ1) is 42.5. The SMILES string of the molecule is C=C(SC(C)=NC)c1ccc(OC)cc1.CC.CC(=O)NCc1cccc(C)c1F.COC(=O)CCCC(C)COC(C)=O. The summed E-state index contributed by atoms with van der Waals surface area (Å²) in [4.78, 5) is 36.9. The van der Waals surface area contributed by atoms with Crippen molar-refractivity contribution in [1.29, 1.82) is 0 Å². The third kappa shape index (κ3) is 21.1. The molecule has 0 aliphatic carbocycles. The molecule has 8 nitrogen and oxygen atoms in total. The van der Waals surface area contributed by atoms with E-state index < -0.39 is 0 Å². The fourth-order valence-electron chi connectivity index (χ4n) is 3.16. The number of aliphatic imine (C=N–C) groups is 1. The van der Waals surface area contributed by atoms with E-state index in [-0.39, 0.29) is 30.2 Å². The van der Waals surface area contributed by atoms with E-state index in [1.54, 1.807) is 51.0 Å². The zero-order valence-electron chi connectivity index (χ0n) is 28.0. The molecule has 0 aliphatic rings. The van der Waals surface area contributed by atoms with Crippen molar-refractivity contribution in [2.75, 3.05) is 27.9 Å². The molecule has 1 N–H and O–H groups in total. The molecule has 0 aromatic heterocycles. The second-order valence-corrected chi connectivity index (χ2v) is 10.6. The van der Waals surface area contributed by atoms with Gasteiger partial charge in [0.25, 0.3) is 0 Å². The van der Waals surface area contributed by atoms with E-state index in [0.717, 1.165) is 34.1 Å². The predicted molar refractivity (Wildman–Crippen MR) is 180 cm³/mol. The Labute approximate surface area is 267 Å². The molecule has 1 atom stereocenters. The van der Waals surface area contributed by atoms with Gasteiger partial charge in [-0.25, -0.2) is 4.39 Å². The monoisotopic (exact) mass is 634 g/mol. The first-order valence-electron chi connectivity index (χ1n) is 14.5. The van der Waals surface area contributed by atoms with Crippen molar-refractivity contribution < 1.29 is 33.0 Å². The lowest BCUT2D eigenvalue weighted by Gasteiger charge is -2.10. The Hall–Kier alpha value is -3.66. The Bertz CT molecular complexity index is 1170. The molecule has 10 heteroatoms. The number of thioether (sulfide) groups is 1. The Kier molecular flexibility index (Phi) is 24.9. The summed E-state index contributed by atoms with van der Waals surface area (Å²) >= 11 is 1.58. The lowest BCUT2D eigenvalue weighted by atomic mass is 10.1. The number of nitrogens with zero attached hydrogens (tertiary/aromatic N) is 1. The van der Waals surface area contributed by atoms with Gasteiger partial charge in [-0.1, -0.05) is 69.4 Å². The lowest BCUT2D eigenvalue weighted by molar-refractivity contribution is -0.143. The van der Waals surface area contributed by atoms with Gasteiger partial charge in [-0.2, -0.15) is 0 Å². The minimum absolute atomic E-state index is 0.152. The third-order valence-corrected chi connectivity index (χ3v) is 6.63. The highest BCUT2D eigenvalue weighted by Gasteiger charge is 2.07. The van der Waals surface area contributed by atoms with Gasteiger partial charge in [0.05, 0.1) is 25.9 Å². The van der Waals surface area contributed by atoms with Gasteiger partial charge in [-0.3, -0.25) is 19.4 Å². The Morgan fingerprint density at radius 3 is 2.16 bits per heavy atom. The van der Waals surface area contributed by atoms with Crippen LogP contribution in [0.3, 0.4) is 0 Å². The molecule has 44 heavy (non-hydrogen) atoms. The van der Waals surface area contributed by atoms with Crippen LogP contribution in [0.2, 0.25) is 0 Å². The van der Waals surface area contributed by atoms with Crippen LogP contribution in [0, 0.1) is 18.7 Å². The molecule has 1 amide bonds. The van der Waals surface area contributed by atoms with Crippen molar-refractivity contribution in [2.45, 2.75) is 74.3 Å². The molecule has 2 aromatic carbocycles. The molecular formula is C34H51FN2O6S. The summed E-state index contributed by atoms with van der Waals surface area (Å²) in [7, 11) is 4.82.